The average Bonchev–Trinajstić information content (AvgIpc) is 2.55. The van der Waals surface area contributed by atoms with Gasteiger partial charge in [0, 0.05) is 16.7 Å². The molecule has 0 atom stereocenters. The van der Waals surface area contributed by atoms with E-state index < -0.39 is 5.97 Å². The molecule has 1 N–H and O–H groups in total. The number of nitrogens with zero attached hydrogens (tertiary/aromatic N) is 1. The molecule has 0 unspecified atom stereocenters. The lowest BCUT2D eigenvalue weighted by Gasteiger charge is -2.01. The standard InChI is InChI=1S/C16H13BrN2O3/c1-22-16(21)12-5-2-11(3-6-12)4-9-15(20)19-14-8-7-13(17)10-18-14/h2-10H,1H3,(H,18,19,20)/b9-4+. The summed E-state index contributed by atoms with van der Waals surface area (Å²) in [4.78, 5) is 27.1. The molecule has 5 nitrogen and oxygen atoms in total. The predicted molar refractivity (Wildman–Crippen MR) is 87.4 cm³/mol. The zero-order valence-electron chi connectivity index (χ0n) is 11.7. The van der Waals surface area contributed by atoms with Gasteiger partial charge in [-0.05, 0) is 51.8 Å². The van der Waals surface area contributed by atoms with Crippen LogP contribution in [0.1, 0.15) is 15.9 Å². The van der Waals surface area contributed by atoms with E-state index in [9.17, 15) is 9.59 Å². The largest absolute Gasteiger partial charge is 0.465 e. The number of nitrogens with one attached hydrogen (secondary N) is 1. The van der Waals surface area contributed by atoms with Crippen LogP contribution in [0, 0.1) is 0 Å². The van der Waals surface area contributed by atoms with Gasteiger partial charge < -0.3 is 10.1 Å². The van der Waals surface area contributed by atoms with Gasteiger partial charge in [-0.15, -0.1) is 0 Å². The Morgan fingerprint density at radius 2 is 1.91 bits per heavy atom. The number of benzene rings is 1. The number of pyridine rings is 1. The van der Waals surface area contributed by atoms with Crippen LogP contribution in [0.25, 0.3) is 6.08 Å². The van der Waals surface area contributed by atoms with Crippen LogP contribution in [0.5, 0.6) is 0 Å². The number of halogens is 1. The second-order valence-corrected chi connectivity index (χ2v) is 5.21. The van der Waals surface area contributed by atoms with Gasteiger partial charge in [-0.25, -0.2) is 9.78 Å². The minimum atomic E-state index is -0.394. The molecule has 2 aromatic rings. The van der Waals surface area contributed by atoms with Gasteiger partial charge in [0.15, 0.2) is 0 Å². The topological polar surface area (TPSA) is 68.3 Å². The second-order valence-electron chi connectivity index (χ2n) is 4.30. The maximum Gasteiger partial charge on any atom is 0.337 e. The van der Waals surface area contributed by atoms with E-state index in [1.54, 1.807) is 48.7 Å². The summed E-state index contributed by atoms with van der Waals surface area (Å²) in [6.45, 7) is 0. The van der Waals surface area contributed by atoms with Crippen molar-refractivity contribution in [3.05, 3.63) is 64.3 Å². The summed E-state index contributed by atoms with van der Waals surface area (Å²) in [5.41, 5.74) is 1.26. The Bertz CT molecular complexity index is 694. The molecule has 1 amide bonds. The number of carbonyl (C=O) groups excluding carboxylic acids is 2. The van der Waals surface area contributed by atoms with Gasteiger partial charge in [0.25, 0.3) is 0 Å². The number of hydrogen-bond acceptors (Lipinski definition) is 4. The van der Waals surface area contributed by atoms with Crippen LogP contribution in [-0.2, 0) is 9.53 Å². The smallest absolute Gasteiger partial charge is 0.337 e. The molecule has 0 spiro atoms. The molecule has 0 bridgehead atoms. The Kier molecular flexibility index (Phi) is 5.43. The van der Waals surface area contributed by atoms with Crippen LogP contribution >= 0.6 is 15.9 Å². The summed E-state index contributed by atoms with van der Waals surface area (Å²) in [6, 6.07) is 10.2. The van der Waals surface area contributed by atoms with E-state index >= 15 is 0 Å². The summed E-state index contributed by atoms with van der Waals surface area (Å²) in [7, 11) is 1.33. The second kappa shape index (κ2) is 7.51. The van der Waals surface area contributed by atoms with Gasteiger partial charge in [0.2, 0.25) is 5.91 Å². The molecular formula is C16H13BrN2O3. The van der Waals surface area contributed by atoms with E-state index in [1.807, 2.05) is 0 Å². The molecule has 1 aromatic heterocycles. The van der Waals surface area contributed by atoms with Gasteiger partial charge in [0.05, 0.1) is 12.7 Å². The van der Waals surface area contributed by atoms with Gasteiger partial charge >= 0.3 is 5.97 Å². The fourth-order valence-corrected chi connectivity index (χ4v) is 1.87. The summed E-state index contributed by atoms with van der Waals surface area (Å²) < 4.78 is 5.46. The molecule has 0 aliphatic heterocycles. The van der Waals surface area contributed by atoms with Gasteiger partial charge in [-0.3, -0.25) is 4.79 Å². The first-order valence-electron chi connectivity index (χ1n) is 6.37. The summed E-state index contributed by atoms with van der Waals surface area (Å²) in [5.74, 6) is -0.208. The number of ether oxygens (including phenoxy) is 1. The van der Waals surface area contributed by atoms with Crippen molar-refractivity contribution in [2.75, 3.05) is 12.4 Å². The fraction of sp³-hybridized carbons (Fsp3) is 0.0625. The number of hydrogen-bond donors (Lipinski definition) is 1. The summed E-state index contributed by atoms with van der Waals surface area (Å²) in [5, 5.41) is 2.65. The molecular weight excluding hydrogens is 348 g/mol. The van der Waals surface area contributed by atoms with E-state index in [2.05, 4.69) is 31.0 Å². The van der Waals surface area contributed by atoms with Crippen LogP contribution < -0.4 is 5.32 Å². The molecule has 0 saturated carbocycles. The Morgan fingerprint density at radius 1 is 1.18 bits per heavy atom. The number of aromatic nitrogens is 1. The monoisotopic (exact) mass is 360 g/mol. The number of rotatable bonds is 4. The lowest BCUT2D eigenvalue weighted by atomic mass is 10.1. The Labute approximate surface area is 136 Å². The van der Waals surface area contributed by atoms with Gasteiger partial charge in [0.1, 0.15) is 5.82 Å². The van der Waals surface area contributed by atoms with Crippen molar-refractivity contribution >= 4 is 39.7 Å². The number of anilines is 1. The highest BCUT2D eigenvalue weighted by Crippen LogP contribution is 2.11. The molecule has 1 heterocycles. The molecule has 0 radical (unpaired) electrons. The van der Waals surface area contributed by atoms with Crippen molar-refractivity contribution in [1.29, 1.82) is 0 Å². The first-order valence-corrected chi connectivity index (χ1v) is 7.17. The first-order chi connectivity index (χ1) is 10.6. The minimum absolute atomic E-state index is 0.285. The molecule has 22 heavy (non-hydrogen) atoms. The van der Waals surface area contributed by atoms with Crippen LogP contribution in [-0.4, -0.2) is 24.0 Å². The molecule has 0 fully saturated rings. The third-order valence-electron chi connectivity index (χ3n) is 2.74. The molecule has 0 aliphatic rings. The van der Waals surface area contributed by atoms with Crippen LogP contribution in [0.15, 0.2) is 53.1 Å². The average molecular weight is 361 g/mol. The van der Waals surface area contributed by atoms with E-state index in [-0.39, 0.29) is 5.91 Å². The number of amides is 1. The van der Waals surface area contributed by atoms with Gasteiger partial charge in [-0.2, -0.15) is 0 Å². The Morgan fingerprint density at radius 3 is 2.50 bits per heavy atom. The summed E-state index contributed by atoms with van der Waals surface area (Å²) >= 11 is 3.27. The lowest BCUT2D eigenvalue weighted by molar-refractivity contribution is -0.111. The van der Waals surface area contributed by atoms with Crippen molar-refractivity contribution in [2.24, 2.45) is 0 Å². The van der Waals surface area contributed by atoms with E-state index in [4.69, 9.17) is 0 Å². The number of methoxy groups -OCH3 is 1. The third kappa shape index (κ3) is 4.53. The van der Waals surface area contributed by atoms with Crippen molar-refractivity contribution < 1.29 is 14.3 Å². The molecule has 2 rings (SSSR count). The Hall–Kier alpha value is -2.47. The van der Waals surface area contributed by atoms with Crippen molar-refractivity contribution in [3.8, 4) is 0 Å². The normalized spacial score (nSPS) is 10.5. The van der Waals surface area contributed by atoms with E-state index in [0.717, 1.165) is 10.0 Å². The number of carbonyl (C=O) groups is 2. The SMILES string of the molecule is COC(=O)c1ccc(/C=C/C(=O)Nc2ccc(Br)cn2)cc1. The highest BCUT2D eigenvalue weighted by molar-refractivity contribution is 9.10. The lowest BCUT2D eigenvalue weighted by Crippen LogP contribution is -2.08. The molecule has 112 valence electrons. The van der Waals surface area contributed by atoms with Gasteiger partial charge in [-0.1, -0.05) is 12.1 Å². The zero-order chi connectivity index (χ0) is 15.9. The molecule has 1 aromatic carbocycles. The van der Waals surface area contributed by atoms with Crippen molar-refractivity contribution in [3.63, 3.8) is 0 Å². The van der Waals surface area contributed by atoms with E-state index in [0.29, 0.717) is 11.4 Å². The fourth-order valence-electron chi connectivity index (χ4n) is 1.64. The molecule has 6 heteroatoms. The van der Waals surface area contributed by atoms with E-state index in [1.165, 1.54) is 13.2 Å². The maximum atomic E-state index is 11.8. The number of esters is 1. The van der Waals surface area contributed by atoms with Crippen LogP contribution in [0.3, 0.4) is 0 Å². The van der Waals surface area contributed by atoms with Crippen LogP contribution in [0.4, 0.5) is 5.82 Å². The predicted octanol–water partition coefficient (Wildman–Crippen LogP) is 3.28. The Balaban J connectivity index is 1.97. The third-order valence-corrected chi connectivity index (χ3v) is 3.21. The molecule has 0 saturated heterocycles. The van der Waals surface area contributed by atoms with Crippen molar-refractivity contribution in [2.45, 2.75) is 0 Å². The quantitative estimate of drug-likeness (QED) is 0.670. The summed E-state index contributed by atoms with van der Waals surface area (Å²) in [6.07, 6.45) is 4.65. The zero-order valence-corrected chi connectivity index (χ0v) is 13.3. The highest BCUT2D eigenvalue weighted by Gasteiger charge is 2.03. The minimum Gasteiger partial charge on any atom is -0.465 e. The highest BCUT2D eigenvalue weighted by atomic mass is 79.9. The van der Waals surface area contributed by atoms with Crippen LogP contribution in [0.2, 0.25) is 0 Å². The maximum absolute atomic E-state index is 11.8. The molecule has 0 aliphatic carbocycles. The van der Waals surface area contributed by atoms with Crippen molar-refractivity contribution in [1.82, 2.24) is 4.98 Å². The first kappa shape index (κ1) is 15.9.